The molecular formula is C12H11FN2O3. The average molecular weight is 250 g/mol. The molecule has 2 aromatic rings. The van der Waals surface area contributed by atoms with Crippen LogP contribution in [0.5, 0.6) is 0 Å². The van der Waals surface area contributed by atoms with Crippen LogP contribution in [0, 0.1) is 5.82 Å². The number of nitrogens with one attached hydrogen (secondary N) is 2. The van der Waals surface area contributed by atoms with Crippen molar-refractivity contribution < 1.29 is 13.9 Å². The number of aromatic amines is 2. The Labute approximate surface area is 102 Å². The number of benzene rings is 1. The Morgan fingerprint density at radius 1 is 1.39 bits per heavy atom. The van der Waals surface area contributed by atoms with Crippen LogP contribution in [0.3, 0.4) is 0 Å². The minimum atomic E-state index is -0.657. The van der Waals surface area contributed by atoms with Gasteiger partial charge in [0, 0.05) is 5.56 Å². The van der Waals surface area contributed by atoms with Crippen molar-refractivity contribution in [1.29, 1.82) is 0 Å². The van der Waals surface area contributed by atoms with Gasteiger partial charge in [-0.15, -0.1) is 0 Å². The molecule has 5 nitrogen and oxygen atoms in total. The zero-order valence-electron chi connectivity index (χ0n) is 9.62. The Kier molecular flexibility index (Phi) is 3.27. The van der Waals surface area contributed by atoms with Crippen molar-refractivity contribution in [2.45, 2.75) is 6.92 Å². The lowest BCUT2D eigenvalue weighted by atomic mass is 10.1. The summed E-state index contributed by atoms with van der Waals surface area (Å²) in [6.07, 6.45) is 0. The number of carbonyl (C=O) groups excluding carboxylic acids is 1. The fourth-order valence-electron chi connectivity index (χ4n) is 1.60. The van der Waals surface area contributed by atoms with Crippen LogP contribution in [0.25, 0.3) is 11.3 Å². The van der Waals surface area contributed by atoms with Gasteiger partial charge >= 0.3 is 11.7 Å². The van der Waals surface area contributed by atoms with Crippen LogP contribution in [0.15, 0.2) is 29.1 Å². The molecule has 18 heavy (non-hydrogen) atoms. The molecule has 1 heterocycles. The number of carbonyl (C=O) groups is 1. The summed E-state index contributed by atoms with van der Waals surface area (Å²) in [5.74, 6) is -1.11. The number of esters is 1. The fourth-order valence-corrected chi connectivity index (χ4v) is 1.60. The molecule has 0 radical (unpaired) electrons. The zero-order valence-corrected chi connectivity index (χ0v) is 9.62. The molecule has 1 aromatic heterocycles. The molecule has 0 saturated carbocycles. The summed E-state index contributed by atoms with van der Waals surface area (Å²) in [7, 11) is 0. The van der Waals surface area contributed by atoms with Crippen LogP contribution < -0.4 is 5.69 Å². The first-order valence-corrected chi connectivity index (χ1v) is 5.37. The van der Waals surface area contributed by atoms with Crippen LogP contribution in [0.1, 0.15) is 17.4 Å². The SMILES string of the molecule is CCOC(=O)c1[nH]c(=O)[nH]c1-c1cccc(F)c1. The molecule has 0 amide bonds. The van der Waals surface area contributed by atoms with Crippen molar-refractivity contribution in [1.82, 2.24) is 9.97 Å². The maximum atomic E-state index is 13.1. The molecule has 6 heteroatoms. The third kappa shape index (κ3) is 2.32. The Morgan fingerprint density at radius 2 is 2.17 bits per heavy atom. The second kappa shape index (κ2) is 4.87. The molecule has 0 bridgehead atoms. The lowest BCUT2D eigenvalue weighted by Crippen LogP contribution is -2.08. The highest BCUT2D eigenvalue weighted by Gasteiger charge is 2.17. The van der Waals surface area contributed by atoms with Gasteiger partial charge in [-0.05, 0) is 19.1 Å². The van der Waals surface area contributed by atoms with Crippen LogP contribution in [-0.2, 0) is 4.74 Å². The normalized spacial score (nSPS) is 10.3. The first-order valence-electron chi connectivity index (χ1n) is 5.37. The number of rotatable bonds is 3. The van der Waals surface area contributed by atoms with Gasteiger partial charge in [0.1, 0.15) is 5.82 Å². The van der Waals surface area contributed by atoms with Crippen LogP contribution in [0.4, 0.5) is 4.39 Å². The van der Waals surface area contributed by atoms with Crippen molar-refractivity contribution in [2.75, 3.05) is 6.61 Å². The van der Waals surface area contributed by atoms with E-state index >= 15 is 0 Å². The van der Waals surface area contributed by atoms with E-state index in [-0.39, 0.29) is 18.0 Å². The summed E-state index contributed by atoms with van der Waals surface area (Å²) in [5, 5.41) is 0. The maximum Gasteiger partial charge on any atom is 0.357 e. The van der Waals surface area contributed by atoms with E-state index in [1.165, 1.54) is 18.2 Å². The topological polar surface area (TPSA) is 75.0 Å². The van der Waals surface area contributed by atoms with Crippen LogP contribution >= 0.6 is 0 Å². The smallest absolute Gasteiger partial charge is 0.357 e. The molecule has 2 N–H and O–H groups in total. The van der Waals surface area contributed by atoms with Crippen LogP contribution in [-0.4, -0.2) is 22.5 Å². The maximum absolute atomic E-state index is 13.1. The highest BCUT2D eigenvalue weighted by molar-refractivity contribution is 5.94. The quantitative estimate of drug-likeness (QED) is 0.814. The Hall–Kier alpha value is -2.37. The molecule has 0 atom stereocenters. The molecule has 2 rings (SSSR count). The summed E-state index contributed by atoms with van der Waals surface area (Å²) in [6.45, 7) is 1.85. The molecule has 94 valence electrons. The first-order chi connectivity index (χ1) is 8.61. The van der Waals surface area contributed by atoms with E-state index < -0.39 is 17.5 Å². The summed E-state index contributed by atoms with van der Waals surface area (Å²) in [6, 6.07) is 5.58. The van der Waals surface area contributed by atoms with E-state index in [1.807, 2.05) is 0 Å². The monoisotopic (exact) mass is 250 g/mol. The predicted octanol–water partition coefficient (Wildman–Crippen LogP) is 1.69. The second-order valence-electron chi connectivity index (χ2n) is 3.56. The largest absolute Gasteiger partial charge is 0.461 e. The molecule has 0 fully saturated rings. The fraction of sp³-hybridized carbons (Fsp3) is 0.167. The van der Waals surface area contributed by atoms with Crippen molar-refractivity contribution in [3.05, 3.63) is 46.3 Å². The molecule has 0 unspecified atom stereocenters. The van der Waals surface area contributed by atoms with Gasteiger partial charge in [-0.3, -0.25) is 4.98 Å². The minimum Gasteiger partial charge on any atom is -0.461 e. The highest BCUT2D eigenvalue weighted by atomic mass is 19.1. The molecule has 0 aliphatic carbocycles. The number of H-pyrrole nitrogens is 2. The van der Waals surface area contributed by atoms with Gasteiger partial charge in [-0.2, -0.15) is 0 Å². The van der Waals surface area contributed by atoms with E-state index in [4.69, 9.17) is 4.74 Å². The predicted molar refractivity (Wildman–Crippen MR) is 62.8 cm³/mol. The number of ether oxygens (including phenoxy) is 1. The zero-order chi connectivity index (χ0) is 13.1. The van der Waals surface area contributed by atoms with Gasteiger partial charge in [0.25, 0.3) is 0 Å². The summed E-state index contributed by atoms with van der Waals surface area (Å²) in [5.41, 5.74) is 0.0686. The lowest BCUT2D eigenvalue weighted by molar-refractivity contribution is 0.0521. The summed E-state index contributed by atoms with van der Waals surface area (Å²) in [4.78, 5) is 27.7. The number of imidazole rings is 1. The van der Waals surface area contributed by atoms with E-state index in [0.29, 0.717) is 5.56 Å². The van der Waals surface area contributed by atoms with Gasteiger partial charge in [-0.25, -0.2) is 14.0 Å². The number of hydrogen-bond donors (Lipinski definition) is 2. The van der Waals surface area contributed by atoms with Crippen LogP contribution in [0.2, 0.25) is 0 Å². The third-order valence-corrected chi connectivity index (χ3v) is 2.32. The number of aromatic nitrogens is 2. The second-order valence-corrected chi connectivity index (χ2v) is 3.56. The molecule has 0 aliphatic heterocycles. The lowest BCUT2D eigenvalue weighted by Gasteiger charge is -2.03. The molecule has 1 aromatic carbocycles. The Bertz CT molecular complexity index is 630. The highest BCUT2D eigenvalue weighted by Crippen LogP contribution is 2.20. The van der Waals surface area contributed by atoms with Gasteiger partial charge < -0.3 is 9.72 Å². The summed E-state index contributed by atoms with van der Waals surface area (Å²) < 4.78 is 17.9. The van der Waals surface area contributed by atoms with E-state index in [2.05, 4.69) is 9.97 Å². The number of hydrogen-bond acceptors (Lipinski definition) is 3. The third-order valence-electron chi connectivity index (χ3n) is 2.32. The van der Waals surface area contributed by atoms with Gasteiger partial charge in [-0.1, -0.05) is 12.1 Å². The Morgan fingerprint density at radius 3 is 2.83 bits per heavy atom. The summed E-state index contributed by atoms with van der Waals surface area (Å²) >= 11 is 0. The van der Waals surface area contributed by atoms with Gasteiger partial charge in [0.05, 0.1) is 12.3 Å². The van der Waals surface area contributed by atoms with Crippen molar-refractivity contribution in [3.8, 4) is 11.3 Å². The van der Waals surface area contributed by atoms with Crippen molar-refractivity contribution in [3.63, 3.8) is 0 Å². The van der Waals surface area contributed by atoms with E-state index in [1.54, 1.807) is 13.0 Å². The average Bonchev–Trinajstić information content (AvgIpc) is 2.72. The van der Waals surface area contributed by atoms with Gasteiger partial charge in [0.15, 0.2) is 5.69 Å². The molecule has 0 spiro atoms. The van der Waals surface area contributed by atoms with E-state index in [0.717, 1.165) is 0 Å². The first kappa shape index (κ1) is 12.1. The molecule has 0 saturated heterocycles. The van der Waals surface area contributed by atoms with E-state index in [9.17, 15) is 14.0 Å². The van der Waals surface area contributed by atoms with Crippen molar-refractivity contribution in [2.24, 2.45) is 0 Å². The Balaban J connectivity index is 2.51. The van der Waals surface area contributed by atoms with Gasteiger partial charge in [0.2, 0.25) is 0 Å². The minimum absolute atomic E-state index is 0.00699. The molecular weight excluding hydrogens is 239 g/mol. The number of halogens is 1. The molecule has 0 aliphatic rings. The standard InChI is InChI=1S/C12H11FN2O3/c1-2-18-11(16)10-9(14-12(17)15-10)7-4-3-5-8(13)6-7/h3-6H,2H2,1H3,(H2,14,15,17). The van der Waals surface area contributed by atoms with Crippen molar-refractivity contribution >= 4 is 5.97 Å².